The fourth-order valence-electron chi connectivity index (χ4n) is 2.86. The van der Waals surface area contributed by atoms with Crippen molar-refractivity contribution in [3.8, 4) is 0 Å². The number of nitrogens with one attached hydrogen (secondary N) is 1. The Morgan fingerprint density at radius 3 is 2.75 bits per heavy atom. The number of thiazole rings is 1. The van der Waals surface area contributed by atoms with E-state index in [-0.39, 0.29) is 5.91 Å². The monoisotopic (exact) mass is 367 g/mol. The Morgan fingerprint density at radius 2 is 2.17 bits per heavy atom. The molecule has 0 radical (unpaired) electrons. The summed E-state index contributed by atoms with van der Waals surface area (Å²) in [5, 5.41) is 7.26. The molecule has 2 aromatic heterocycles. The van der Waals surface area contributed by atoms with E-state index < -0.39 is 0 Å². The highest BCUT2D eigenvalue weighted by Gasteiger charge is 2.24. The molecule has 0 aliphatic carbocycles. The summed E-state index contributed by atoms with van der Waals surface area (Å²) in [4.78, 5) is 20.1. The van der Waals surface area contributed by atoms with Crippen LogP contribution in [0.3, 0.4) is 0 Å². The Kier molecular flexibility index (Phi) is 5.42. The van der Waals surface area contributed by atoms with E-state index in [1.54, 1.807) is 17.7 Å². The largest absolute Gasteiger partial charge is 0.331 e. The van der Waals surface area contributed by atoms with Crippen LogP contribution in [0.5, 0.6) is 0 Å². The third-order valence-corrected chi connectivity index (χ3v) is 5.72. The van der Waals surface area contributed by atoms with Gasteiger partial charge in [-0.25, -0.2) is 4.98 Å². The van der Waals surface area contributed by atoms with Crippen LogP contribution < -0.4 is 4.90 Å². The van der Waals surface area contributed by atoms with Crippen molar-refractivity contribution in [3.63, 3.8) is 0 Å². The molecule has 1 saturated heterocycles. The number of amides is 1. The van der Waals surface area contributed by atoms with Gasteiger partial charge in [-0.1, -0.05) is 0 Å². The van der Waals surface area contributed by atoms with E-state index in [0.717, 1.165) is 54.9 Å². The van der Waals surface area contributed by atoms with Crippen LogP contribution in [0.25, 0.3) is 0 Å². The number of carbonyl (C=O) groups is 1. The zero-order valence-corrected chi connectivity index (χ0v) is 15.7. The number of piperazine rings is 1. The van der Waals surface area contributed by atoms with Crippen molar-refractivity contribution < 1.29 is 9.69 Å². The first-order chi connectivity index (χ1) is 11.6. The molecule has 0 saturated carbocycles. The lowest BCUT2D eigenvalue weighted by atomic mass is 10.3. The lowest BCUT2D eigenvalue weighted by Gasteiger charge is -2.31. The Bertz CT molecular complexity index is 756. The van der Waals surface area contributed by atoms with Gasteiger partial charge in [0.1, 0.15) is 11.3 Å². The van der Waals surface area contributed by atoms with E-state index in [4.69, 9.17) is 12.2 Å². The highest BCUT2D eigenvalue weighted by Crippen LogP contribution is 2.10. The first-order valence-corrected chi connectivity index (χ1v) is 9.50. The Labute approximate surface area is 150 Å². The summed E-state index contributed by atoms with van der Waals surface area (Å²) in [5.74, 6) is 0.176. The van der Waals surface area contributed by atoms with Crippen LogP contribution in [0, 0.1) is 11.7 Å². The maximum absolute atomic E-state index is 12.4. The van der Waals surface area contributed by atoms with Gasteiger partial charge in [-0.2, -0.15) is 9.78 Å². The summed E-state index contributed by atoms with van der Waals surface area (Å²) in [6.45, 7) is 9.01. The summed E-state index contributed by atoms with van der Waals surface area (Å²) in [7, 11) is 0. The van der Waals surface area contributed by atoms with Crippen LogP contribution in [0.2, 0.25) is 0 Å². The van der Waals surface area contributed by atoms with Crippen molar-refractivity contribution in [3.05, 3.63) is 27.2 Å². The van der Waals surface area contributed by atoms with E-state index in [0.29, 0.717) is 6.42 Å². The predicted octanol–water partition coefficient (Wildman–Crippen LogP) is 0.126. The Hall–Kier alpha value is -1.58. The quantitative estimate of drug-likeness (QED) is 0.763. The highest BCUT2D eigenvalue weighted by atomic mass is 32.1. The average Bonchev–Trinajstić information content (AvgIpc) is 3.14. The van der Waals surface area contributed by atoms with Crippen molar-refractivity contribution in [2.45, 2.75) is 33.5 Å². The van der Waals surface area contributed by atoms with Crippen molar-refractivity contribution >= 4 is 29.5 Å². The van der Waals surface area contributed by atoms with Gasteiger partial charge in [-0.3, -0.25) is 4.79 Å². The molecule has 1 amide bonds. The minimum Gasteiger partial charge on any atom is -0.331 e. The number of rotatable bonds is 5. The fourth-order valence-corrected chi connectivity index (χ4v) is 3.92. The molecule has 1 N–H and O–H groups in total. The van der Waals surface area contributed by atoms with Gasteiger partial charge >= 0.3 is 0 Å². The van der Waals surface area contributed by atoms with E-state index in [9.17, 15) is 4.79 Å². The molecular weight excluding hydrogens is 344 g/mol. The molecule has 1 aliphatic rings. The summed E-state index contributed by atoms with van der Waals surface area (Å²) in [6, 6.07) is 0. The van der Waals surface area contributed by atoms with Gasteiger partial charge in [-0.05, 0) is 26.1 Å². The van der Waals surface area contributed by atoms with E-state index in [2.05, 4.69) is 17.0 Å². The normalized spacial score (nSPS) is 15.8. The predicted molar refractivity (Wildman–Crippen MR) is 94.6 cm³/mol. The van der Waals surface area contributed by atoms with Gasteiger partial charge in [0.05, 0.1) is 32.6 Å². The maximum atomic E-state index is 12.4. The number of aryl methyl sites for hydroxylation is 2. The van der Waals surface area contributed by atoms with Crippen LogP contribution >= 0.6 is 23.6 Å². The molecule has 3 rings (SSSR count). The third kappa shape index (κ3) is 3.90. The SMILES string of the molecule is CCn1cnn(C[NH+]2CCN(C(=O)Cc3nc(C)cs3)CC2)c1=S. The molecule has 2 aromatic rings. The number of quaternary nitrogens is 1. The highest BCUT2D eigenvalue weighted by molar-refractivity contribution is 7.71. The van der Waals surface area contributed by atoms with Crippen molar-refractivity contribution in [2.24, 2.45) is 0 Å². The number of carbonyl (C=O) groups excluding carboxylic acids is 1. The van der Waals surface area contributed by atoms with Gasteiger partial charge in [0.25, 0.3) is 0 Å². The van der Waals surface area contributed by atoms with Crippen molar-refractivity contribution in [2.75, 3.05) is 26.2 Å². The van der Waals surface area contributed by atoms with E-state index >= 15 is 0 Å². The molecule has 7 nitrogen and oxygen atoms in total. The second kappa shape index (κ2) is 7.54. The van der Waals surface area contributed by atoms with Gasteiger partial charge in [0, 0.05) is 17.6 Å². The van der Waals surface area contributed by atoms with Gasteiger partial charge in [0.15, 0.2) is 6.67 Å². The first kappa shape index (κ1) is 17.2. The molecule has 3 heterocycles. The summed E-state index contributed by atoms with van der Waals surface area (Å²) in [6.07, 6.45) is 2.21. The van der Waals surface area contributed by atoms with Gasteiger partial charge < -0.3 is 14.4 Å². The molecule has 9 heteroatoms. The van der Waals surface area contributed by atoms with Gasteiger partial charge in [-0.15, -0.1) is 11.3 Å². The van der Waals surface area contributed by atoms with Crippen LogP contribution in [-0.2, 0) is 24.4 Å². The number of hydrogen-bond donors (Lipinski definition) is 1. The lowest BCUT2D eigenvalue weighted by molar-refractivity contribution is -0.927. The van der Waals surface area contributed by atoms with Crippen LogP contribution in [0.15, 0.2) is 11.7 Å². The molecular formula is C15H23N6OS2+. The summed E-state index contributed by atoms with van der Waals surface area (Å²) in [5.41, 5.74) is 0.986. The maximum Gasteiger partial charge on any atom is 0.229 e. The van der Waals surface area contributed by atoms with Crippen LogP contribution in [0.4, 0.5) is 0 Å². The summed E-state index contributed by atoms with van der Waals surface area (Å²) >= 11 is 6.97. The van der Waals surface area contributed by atoms with Crippen LogP contribution in [0.1, 0.15) is 17.6 Å². The zero-order valence-electron chi connectivity index (χ0n) is 14.1. The minimum atomic E-state index is 0.176. The molecule has 1 fully saturated rings. The van der Waals surface area contributed by atoms with Crippen LogP contribution in [-0.4, -0.2) is 56.3 Å². The van der Waals surface area contributed by atoms with E-state index in [1.807, 2.05) is 26.5 Å². The zero-order chi connectivity index (χ0) is 17.1. The van der Waals surface area contributed by atoms with Gasteiger partial charge in [0.2, 0.25) is 10.7 Å². The molecule has 24 heavy (non-hydrogen) atoms. The van der Waals surface area contributed by atoms with Crippen molar-refractivity contribution in [1.29, 1.82) is 0 Å². The Balaban J connectivity index is 1.51. The molecule has 130 valence electrons. The van der Waals surface area contributed by atoms with Crippen molar-refractivity contribution in [1.82, 2.24) is 24.2 Å². The summed E-state index contributed by atoms with van der Waals surface area (Å²) < 4.78 is 4.61. The first-order valence-electron chi connectivity index (χ1n) is 8.21. The second-order valence-corrected chi connectivity index (χ2v) is 7.36. The molecule has 0 bridgehead atoms. The molecule has 0 spiro atoms. The average molecular weight is 368 g/mol. The smallest absolute Gasteiger partial charge is 0.229 e. The number of aromatic nitrogens is 4. The molecule has 0 unspecified atom stereocenters. The van der Waals surface area contributed by atoms with E-state index in [1.165, 1.54) is 4.90 Å². The number of nitrogens with zero attached hydrogens (tertiary/aromatic N) is 5. The fraction of sp³-hybridized carbons (Fsp3) is 0.600. The third-order valence-electron chi connectivity index (χ3n) is 4.30. The molecule has 0 atom stereocenters. The second-order valence-electron chi connectivity index (χ2n) is 6.05. The topological polar surface area (TPSA) is 60.4 Å². The molecule has 0 aromatic carbocycles. The Morgan fingerprint density at radius 1 is 1.42 bits per heavy atom. The standard InChI is InChI=1S/C15H22N6OS2/c1-3-19-10-16-21(15(19)23)11-18-4-6-20(7-5-18)14(22)8-13-17-12(2)9-24-13/h9-10H,3-8,11H2,1-2H3/p+1. The number of hydrogen-bond acceptors (Lipinski definition) is 5. The molecule has 1 aliphatic heterocycles. The minimum absolute atomic E-state index is 0.176. The lowest BCUT2D eigenvalue weighted by Crippen LogP contribution is -3.14.